The van der Waals surface area contributed by atoms with Crippen molar-refractivity contribution in [2.24, 2.45) is 11.8 Å². The van der Waals surface area contributed by atoms with Gasteiger partial charge in [0, 0.05) is 12.3 Å². The summed E-state index contributed by atoms with van der Waals surface area (Å²) in [5, 5.41) is 0. The van der Waals surface area contributed by atoms with Crippen molar-refractivity contribution in [1.82, 2.24) is 0 Å². The Morgan fingerprint density at radius 2 is 2.00 bits per heavy atom. The van der Waals surface area contributed by atoms with Crippen molar-refractivity contribution in [3.63, 3.8) is 0 Å². The van der Waals surface area contributed by atoms with E-state index in [2.05, 4.69) is 25.1 Å². The standard InChI is InChI=1S/C18H24O3/c1-12-7-8-18(20-9-10-21-18)16-6-3-13-11-14(19-2)4-5-15(13)17(12)16/h4-5,11-12,16-17H,3,6-10H2,1-2H3/t12-,16?,17?/m0/s1. The zero-order valence-corrected chi connectivity index (χ0v) is 12.9. The number of fused-ring (bicyclic) bond motifs is 4. The minimum atomic E-state index is -0.297. The molecular formula is C18H24O3. The van der Waals surface area contributed by atoms with Crippen molar-refractivity contribution in [1.29, 1.82) is 0 Å². The number of methoxy groups -OCH3 is 1. The third kappa shape index (κ3) is 2.01. The van der Waals surface area contributed by atoms with E-state index < -0.39 is 0 Å². The molecule has 0 radical (unpaired) electrons. The van der Waals surface area contributed by atoms with E-state index in [1.165, 1.54) is 17.5 Å². The van der Waals surface area contributed by atoms with Crippen LogP contribution >= 0.6 is 0 Å². The molecule has 0 aromatic heterocycles. The first kappa shape index (κ1) is 13.6. The monoisotopic (exact) mass is 288 g/mol. The Bertz CT molecular complexity index is 533. The maximum atomic E-state index is 6.11. The highest BCUT2D eigenvalue weighted by atomic mass is 16.7. The van der Waals surface area contributed by atoms with Crippen LogP contribution in [0.1, 0.15) is 43.2 Å². The van der Waals surface area contributed by atoms with Crippen molar-refractivity contribution in [3.05, 3.63) is 29.3 Å². The summed E-state index contributed by atoms with van der Waals surface area (Å²) in [6, 6.07) is 6.59. The van der Waals surface area contributed by atoms with Crippen LogP contribution in [0.3, 0.4) is 0 Å². The van der Waals surface area contributed by atoms with E-state index in [0.717, 1.165) is 38.2 Å². The van der Waals surface area contributed by atoms with Crippen LogP contribution in [0.2, 0.25) is 0 Å². The average Bonchev–Trinajstić information content (AvgIpc) is 2.99. The first-order chi connectivity index (χ1) is 10.2. The maximum Gasteiger partial charge on any atom is 0.171 e. The van der Waals surface area contributed by atoms with Crippen LogP contribution in [-0.2, 0) is 15.9 Å². The second-order valence-electron chi connectivity index (χ2n) is 6.76. The molecule has 2 unspecified atom stereocenters. The number of aryl methyl sites for hydroxylation is 1. The quantitative estimate of drug-likeness (QED) is 0.791. The zero-order valence-electron chi connectivity index (χ0n) is 12.9. The van der Waals surface area contributed by atoms with Gasteiger partial charge < -0.3 is 14.2 Å². The van der Waals surface area contributed by atoms with Gasteiger partial charge in [-0.3, -0.25) is 0 Å². The van der Waals surface area contributed by atoms with Crippen LogP contribution in [-0.4, -0.2) is 26.1 Å². The Balaban J connectivity index is 1.74. The predicted octanol–water partition coefficient (Wildman–Crippen LogP) is 3.51. The second-order valence-corrected chi connectivity index (χ2v) is 6.76. The molecule has 3 atom stereocenters. The summed E-state index contributed by atoms with van der Waals surface area (Å²) in [5.74, 6) is 2.44. The number of rotatable bonds is 1. The molecule has 1 aliphatic heterocycles. The van der Waals surface area contributed by atoms with E-state index >= 15 is 0 Å². The molecular weight excluding hydrogens is 264 g/mol. The lowest BCUT2D eigenvalue weighted by Gasteiger charge is -2.50. The number of benzene rings is 1. The Labute approximate surface area is 126 Å². The molecule has 1 saturated carbocycles. The molecule has 3 aliphatic rings. The third-order valence-corrected chi connectivity index (χ3v) is 5.77. The van der Waals surface area contributed by atoms with Gasteiger partial charge in [0.25, 0.3) is 0 Å². The van der Waals surface area contributed by atoms with Crippen LogP contribution in [0.4, 0.5) is 0 Å². The lowest BCUT2D eigenvalue weighted by molar-refractivity contribution is -0.226. The molecule has 2 fully saturated rings. The van der Waals surface area contributed by atoms with Gasteiger partial charge in [-0.2, -0.15) is 0 Å². The summed E-state index contributed by atoms with van der Waals surface area (Å²) in [5.41, 5.74) is 2.95. The molecule has 3 heteroatoms. The Morgan fingerprint density at radius 1 is 1.19 bits per heavy atom. The largest absolute Gasteiger partial charge is 0.497 e. The van der Waals surface area contributed by atoms with Crippen molar-refractivity contribution >= 4 is 0 Å². The zero-order chi connectivity index (χ0) is 14.4. The van der Waals surface area contributed by atoms with Crippen molar-refractivity contribution in [2.75, 3.05) is 20.3 Å². The molecule has 1 saturated heterocycles. The molecule has 0 N–H and O–H groups in total. The molecule has 1 aromatic rings. The van der Waals surface area contributed by atoms with E-state index in [1.54, 1.807) is 7.11 Å². The van der Waals surface area contributed by atoms with E-state index in [4.69, 9.17) is 14.2 Å². The summed E-state index contributed by atoms with van der Waals surface area (Å²) >= 11 is 0. The van der Waals surface area contributed by atoms with Crippen molar-refractivity contribution in [3.8, 4) is 5.75 Å². The van der Waals surface area contributed by atoms with Crippen LogP contribution in [0, 0.1) is 11.8 Å². The fourth-order valence-electron chi connectivity index (χ4n) is 4.78. The first-order valence-corrected chi connectivity index (χ1v) is 8.18. The van der Waals surface area contributed by atoms with Gasteiger partial charge in [-0.1, -0.05) is 13.0 Å². The van der Waals surface area contributed by atoms with Gasteiger partial charge in [0.15, 0.2) is 5.79 Å². The molecule has 1 aromatic carbocycles. The van der Waals surface area contributed by atoms with Gasteiger partial charge >= 0.3 is 0 Å². The molecule has 1 heterocycles. The minimum absolute atomic E-state index is 0.297. The molecule has 0 amide bonds. The molecule has 3 nitrogen and oxygen atoms in total. The highest BCUT2D eigenvalue weighted by Gasteiger charge is 2.53. The van der Waals surface area contributed by atoms with Crippen LogP contribution in [0.25, 0.3) is 0 Å². The maximum absolute atomic E-state index is 6.11. The van der Waals surface area contributed by atoms with Gasteiger partial charge in [-0.05, 0) is 54.4 Å². The topological polar surface area (TPSA) is 27.7 Å². The third-order valence-electron chi connectivity index (χ3n) is 5.77. The predicted molar refractivity (Wildman–Crippen MR) is 80.6 cm³/mol. The van der Waals surface area contributed by atoms with Gasteiger partial charge in [0.1, 0.15) is 5.75 Å². The van der Waals surface area contributed by atoms with Crippen LogP contribution < -0.4 is 4.74 Å². The fourth-order valence-corrected chi connectivity index (χ4v) is 4.78. The Hall–Kier alpha value is -1.06. The van der Waals surface area contributed by atoms with Crippen molar-refractivity contribution in [2.45, 2.75) is 44.3 Å². The summed E-state index contributed by atoms with van der Waals surface area (Å²) in [4.78, 5) is 0. The van der Waals surface area contributed by atoms with Crippen LogP contribution in [0.5, 0.6) is 5.75 Å². The van der Waals surface area contributed by atoms with Crippen LogP contribution in [0.15, 0.2) is 18.2 Å². The Morgan fingerprint density at radius 3 is 2.76 bits per heavy atom. The second kappa shape index (κ2) is 4.99. The lowest BCUT2D eigenvalue weighted by Crippen LogP contribution is -2.49. The summed E-state index contributed by atoms with van der Waals surface area (Å²) in [6.07, 6.45) is 4.51. The number of hydrogen-bond acceptors (Lipinski definition) is 3. The summed E-state index contributed by atoms with van der Waals surface area (Å²) < 4.78 is 17.6. The smallest absolute Gasteiger partial charge is 0.171 e. The highest BCUT2D eigenvalue weighted by Crippen LogP contribution is 2.55. The SMILES string of the molecule is COc1ccc2c(c1)CCC1C2[C@@H](C)CCC12OCCO2. The molecule has 4 rings (SSSR count). The van der Waals surface area contributed by atoms with Gasteiger partial charge in [-0.25, -0.2) is 0 Å². The summed E-state index contributed by atoms with van der Waals surface area (Å²) in [7, 11) is 1.74. The van der Waals surface area contributed by atoms with Gasteiger partial charge in [0.05, 0.1) is 20.3 Å². The van der Waals surface area contributed by atoms with Gasteiger partial charge in [-0.15, -0.1) is 0 Å². The van der Waals surface area contributed by atoms with E-state index in [9.17, 15) is 0 Å². The molecule has 1 spiro atoms. The molecule has 114 valence electrons. The van der Waals surface area contributed by atoms with E-state index in [0.29, 0.717) is 17.8 Å². The fraction of sp³-hybridized carbons (Fsp3) is 0.667. The summed E-state index contributed by atoms with van der Waals surface area (Å²) in [6.45, 7) is 3.90. The van der Waals surface area contributed by atoms with Crippen molar-refractivity contribution < 1.29 is 14.2 Å². The first-order valence-electron chi connectivity index (χ1n) is 8.18. The minimum Gasteiger partial charge on any atom is -0.497 e. The molecule has 2 aliphatic carbocycles. The average molecular weight is 288 g/mol. The van der Waals surface area contributed by atoms with E-state index in [1.807, 2.05) is 0 Å². The normalized spacial score (nSPS) is 33.5. The Kier molecular flexibility index (Phi) is 3.23. The lowest BCUT2D eigenvalue weighted by atomic mass is 9.61. The molecule has 0 bridgehead atoms. The molecule has 21 heavy (non-hydrogen) atoms. The van der Waals surface area contributed by atoms with E-state index in [-0.39, 0.29) is 5.79 Å². The number of ether oxygens (including phenoxy) is 3. The highest BCUT2D eigenvalue weighted by molar-refractivity contribution is 5.41. The van der Waals surface area contributed by atoms with Gasteiger partial charge in [0.2, 0.25) is 0 Å². The number of hydrogen-bond donors (Lipinski definition) is 0.